The molecule has 0 fully saturated rings. The maximum absolute atomic E-state index is 15.2. The van der Waals surface area contributed by atoms with Gasteiger partial charge in [-0.15, -0.1) is 10.2 Å². The van der Waals surface area contributed by atoms with Crippen LogP contribution in [0.4, 0.5) is 36.4 Å². The van der Waals surface area contributed by atoms with Crippen molar-refractivity contribution < 1.29 is 53.5 Å². The number of halogens is 8. The zero-order valence-corrected chi connectivity index (χ0v) is 24.9. The number of anilines is 1. The number of aliphatic hydroxyl groups is 1. The molecule has 242 valence electrons. The van der Waals surface area contributed by atoms with E-state index in [0.29, 0.717) is 10.6 Å². The number of amides is 1. The number of nitrogens with zero attached hydrogens (tertiary/aromatic N) is 3. The van der Waals surface area contributed by atoms with Crippen LogP contribution >= 0.6 is 11.6 Å². The van der Waals surface area contributed by atoms with Gasteiger partial charge in [-0.3, -0.25) is 4.79 Å². The molecule has 44 heavy (non-hydrogen) atoms. The molecule has 1 aliphatic heterocycles. The zero-order valence-electron chi connectivity index (χ0n) is 23.3. The summed E-state index contributed by atoms with van der Waals surface area (Å²) in [5, 5.41) is 14.7. The van der Waals surface area contributed by atoms with Gasteiger partial charge in [-0.25, -0.2) is 12.8 Å². The molecular formula is C26H26ClF7N4O5S. The SMILES string of the molecule is C[C@@H]1[C@H](N)C(=O)N(Cc2ccc(Cl)cc2)c2cc(-c3nnc(C(C)(C)C)o3)c(F)cc2S1(=O)=O.OC(C(F)(F)F)C(F)(F)F. The van der Waals surface area contributed by atoms with E-state index in [1.807, 2.05) is 20.8 Å². The quantitative estimate of drug-likeness (QED) is 0.355. The van der Waals surface area contributed by atoms with Crippen LogP contribution in [-0.4, -0.2) is 59.4 Å². The summed E-state index contributed by atoms with van der Waals surface area (Å²) in [5.41, 5.74) is 6.14. The van der Waals surface area contributed by atoms with Gasteiger partial charge >= 0.3 is 12.4 Å². The van der Waals surface area contributed by atoms with E-state index in [0.717, 1.165) is 6.07 Å². The molecule has 4 rings (SSSR count). The monoisotopic (exact) mass is 674 g/mol. The molecule has 0 saturated heterocycles. The summed E-state index contributed by atoms with van der Waals surface area (Å²) >= 11 is 5.97. The predicted octanol–water partition coefficient (Wildman–Crippen LogP) is 5.33. The van der Waals surface area contributed by atoms with Crippen LogP contribution in [0.3, 0.4) is 0 Å². The molecule has 0 aliphatic carbocycles. The Morgan fingerprint density at radius 1 is 1.05 bits per heavy atom. The van der Waals surface area contributed by atoms with E-state index in [1.54, 1.807) is 24.3 Å². The number of carbonyl (C=O) groups excluding carboxylic acids is 1. The van der Waals surface area contributed by atoms with Gasteiger partial charge in [0.05, 0.1) is 27.9 Å². The molecule has 0 radical (unpaired) electrons. The van der Waals surface area contributed by atoms with Crippen LogP contribution in [0.5, 0.6) is 0 Å². The molecule has 3 N–H and O–H groups in total. The van der Waals surface area contributed by atoms with E-state index in [1.165, 1.54) is 17.9 Å². The first-order valence-corrected chi connectivity index (χ1v) is 14.4. The van der Waals surface area contributed by atoms with Crippen molar-refractivity contribution in [2.45, 2.75) is 74.3 Å². The fraction of sp³-hybridized carbons (Fsp3) is 0.423. The second-order valence-electron chi connectivity index (χ2n) is 10.8. The maximum Gasteiger partial charge on any atom is 0.423 e. The minimum Gasteiger partial charge on any atom is -0.420 e. The Kier molecular flexibility index (Phi) is 9.80. The highest BCUT2D eigenvalue weighted by Crippen LogP contribution is 2.39. The number of rotatable bonds is 3. The topological polar surface area (TPSA) is 140 Å². The van der Waals surface area contributed by atoms with Crippen molar-refractivity contribution in [1.29, 1.82) is 0 Å². The lowest BCUT2D eigenvalue weighted by atomic mass is 9.97. The summed E-state index contributed by atoms with van der Waals surface area (Å²) in [7, 11) is -4.13. The molecule has 3 aromatic rings. The molecule has 0 unspecified atom stereocenters. The number of sulfone groups is 1. The van der Waals surface area contributed by atoms with Gasteiger partial charge in [-0.05, 0) is 36.8 Å². The van der Waals surface area contributed by atoms with Crippen LogP contribution in [0.15, 0.2) is 45.7 Å². The van der Waals surface area contributed by atoms with E-state index in [2.05, 4.69) is 10.2 Å². The minimum atomic E-state index is -5.63. The van der Waals surface area contributed by atoms with Crippen molar-refractivity contribution in [3.05, 3.63) is 58.7 Å². The Hall–Kier alpha value is -3.28. The predicted molar refractivity (Wildman–Crippen MR) is 144 cm³/mol. The molecule has 9 nitrogen and oxygen atoms in total. The largest absolute Gasteiger partial charge is 0.423 e. The third-order valence-corrected chi connectivity index (χ3v) is 8.83. The summed E-state index contributed by atoms with van der Waals surface area (Å²) in [4.78, 5) is 14.2. The molecule has 18 heteroatoms. The summed E-state index contributed by atoms with van der Waals surface area (Å²) in [5.74, 6) is -1.31. The minimum absolute atomic E-state index is 0.00108. The third kappa shape index (κ3) is 7.50. The van der Waals surface area contributed by atoms with Crippen molar-refractivity contribution >= 4 is 33.0 Å². The average molecular weight is 675 g/mol. The molecule has 1 amide bonds. The van der Waals surface area contributed by atoms with Gasteiger partial charge in [-0.1, -0.05) is 44.5 Å². The van der Waals surface area contributed by atoms with Crippen LogP contribution in [0.1, 0.15) is 39.1 Å². The molecule has 2 aromatic carbocycles. The van der Waals surface area contributed by atoms with Crippen molar-refractivity contribution in [3.63, 3.8) is 0 Å². The Balaban J connectivity index is 0.000000456. The van der Waals surface area contributed by atoms with Crippen LogP contribution in [0.25, 0.3) is 11.5 Å². The number of fused-ring (bicyclic) bond motifs is 1. The van der Waals surface area contributed by atoms with Gasteiger partial charge in [0.25, 0.3) is 5.89 Å². The van der Waals surface area contributed by atoms with Crippen molar-refractivity contribution in [2.24, 2.45) is 5.73 Å². The molecule has 0 spiro atoms. The average Bonchev–Trinajstić information content (AvgIpc) is 3.40. The maximum atomic E-state index is 15.2. The summed E-state index contributed by atoms with van der Waals surface area (Å²) in [6.07, 6.45) is -15.5. The smallest absolute Gasteiger partial charge is 0.420 e. The second kappa shape index (κ2) is 12.3. The highest BCUT2D eigenvalue weighted by molar-refractivity contribution is 7.92. The Morgan fingerprint density at radius 2 is 1.59 bits per heavy atom. The lowest BCUT2D eigenvalue weighted by Gasteiger charge is -2.25. The Morgan fingerprint density at radius 3 is 2.05 bits per heavy atom. The van der Waals surface area contributed by atoms with Gasteiger partial charge < -0.3 is 20.2 Å². The van der Waals surface area contributed by atoms with E-state index in [-0.39, 0.29) is 34.5 Å². The van der Waals surface area contributed by atoms with Crippen molar-refractivity contribution in [1.82, 2.24) is 10.2 Å². The van der Waals surface area contributed by atoms with Gasteiger partial charge in [0.15, 0.2) is 9.84 Å². The first-order chi connectivity index (χ1) is 20.0. The lowest BCUT2D eigenvalue weighted by Crippen LogP contribution is -2.49. The number of aromatic nitrogens is 2. The molecule has 2 heterocycles. The molecule has 2 atom stereocenters. The van der Waals surface area contributed by atoms with E-state index >= 15 is 4.39 Å². The number of benzene rings is 2. The van der Waals surface area contributed by atoms with Crippen LogP contribution in [0, 0.1) is 5.82 Å². The van der Waals surface area contributed by atoms with Crippen molar-refractivity contribution in [3.8, 4) is 11.5 Å². The zero-order chi connectivity index (χ0) is 33.6. The third-order valence-electron chi connectivity index (χ3n) is 6.36. The molecule has 0 saturated carbocycles. The molecule has 0 bridgehead atoms. The lowest BCUT2D eigenvalue weighted by molar-refractivity contribution is -0.308. The summed E-state index contributed by atoms with van der Waals surface area (Å²) < 4.78 is 113. The summed E-state index contributed by atoms with van der Waals surface area (Å²) in [6, 6.07) is 7.53. The van der Waals surface area contributed by atoms with Crippen LogP contribution in [-0.2, 0) is 26.6 Å². The Bertz CT molecular complexity index is 1610. The van der Waals surface area contributed by atoms with E-state index in [9.17, 15) is 39.6 Å². The second-order valence-corrected chi connectivity index (χ2v) is 13.5. The fourth-order valence-electron chi connectivity index (χ4n) is 3.80. The van der Waals surface area contributed by atoms with Crippen LogP contribution < -0.4 is 10.6 Å². The van der Waals surface area contributed by atoms with E-state index in [4.69, 9.17) is 26.9 Å². The highest BCUT2D eigenvalue weighted by Gasteiger charge is 2.55. The molecule has 1 aliphatic rings. The number of hydrogen-bond donors (Lipinski definition) is 2. The van der Waals surface area contributed by atoms with Gasteiger partial charge in [0.2, 0.25) is 17.9 Å². The standard InChI is InChI=1S/C23H24ClFN4O4S.C3H2F6O/c1-12-19(26)21(30)29(11-13-5-7-14(24)8-6-13)17-9-15(16(25)10-18(17)34(12,31)32)20-27-28-22(33-20)23(2,3)4;4-2(5,6)1(10)3(7,8)9/h5-10,12,19H,11,26H2,1-4H3;1,10H/t12-,19+;/m1./s1. The number of nitrogens with two attached hydrogens (primary N) is 1. The molecular weight excluding hydrogens is 649 g/mol. The number of carbonyl (C=O) groups is 1. The van der Waals surface area contributed by atoms with Gasteiger partial charge in [0.1, 0.15) is 11.9 Å². The highest BCUT2D eigenvalue weighted by atomic mass is 35.5. The number of aliphatic hydroxyl groups excluding tert-OH is 1. The first-order valence-electron chi connectivity index (χ1n) is 12.5. The van der Waals surface area contributed by atoms with E-state index < -0.39 is 56.7 Å². The number of hydrogen-bond acceptors (Lipinski definition) is 8. The molecule has 1 aromatic heterocycles. The van der Waals surface area contributed by atoms with Crippen molar-refractivity contribution in [2.75, 3.05) is 4.90 Å². The van der Waals surface area contributed by atoms with Gasteiger partial charge in [-0.2, -0.15) is 26.3 Å². The Labute approximate surface area is 251 Å². The normalized spacial score (nSPS) is 18.9. The van der Waals surface area contributed by atoms with Gasteiger partial charge in [0, 0.05) is 10.4 Å². The first kappa shape index (κ1) is 35.2. The fourth-order valence-corrected chi connectivity index (χ4v) is 5.55. The number of alkyl halides is 6. The van der Waals surface area contributed by atoms with Crippen LogP contribution in [0.2, 0.25) is 5.02 Å². The summed E-state index contributed by atoms with van der Waals surface area (Å²) in [6.45, 7) is 6.92.